The number of hydrogen-bond acceptors (Lipinski definition) is 8. The fraction of sp³-hybridized carbons (Fsp3) is 0.400. The predicted octanol–water partition coefficient (Wildman–Crippen LogP) is 1.52. The molecule has 0 spiro atoms. The topological polar surface area (TPSA) is 102 Å². The summed E-state index contributed by atoms with van der Waals surface area (Å²) >= 11 is 0.766. The smallest absolute Gasteiger partial charge is 0.328 e. The second kappa shape index (κ2) is 9.77. The molecule has 0 N–H and O–H groups in total. The van der Waals surface area contributed by atoms with Gasteiger partial charge in [0.15, 0.2) is 6.61 Å². The van der Waals surface area contributed by atoms with Crippen LogP contribution in [0.1, 0.15) is 12.5 Å². The van der Waals surface area contributed by atoms with Gasteiger partial charge in [0.25, 0.3) is 17.1 Å². The van der Waals surface area contributed by atoms with Crippen molar-refractivity contribution in [2.75, 3.05) is 40.0 Å². The zero-order chi connectivity index (χ0) is 21.7. The van der Waals surface area contributed by atoms with Gasteiger partial charge in [0.1, 0.15) is 11.8 Å². The van der Waals surface area contributed by atoms with Gasteiger partial charge < -0.3 is 19.1 Å². The number of amides is 3. The number of nitrogens with zero attached hydrogens (tertiary/aromatic N) is 2. The van der Waals surface area contributed by atoms with Gasteiger partial charge >= 0.3 is 5.97 Å². The highest BCUT2D eigenvalue weighted by molar-refractivity contribution is 8.18. The molecule has 1 aromatic carbocycles. The molecule has 0 radical (unpaired) electrons. The standard InChI is InChI=1S/C20H22N2O7S/c1-13(19(25)27-2)22-18(24)16(30-20(22)26)11-14-3-5-15(6-4-14)29-12-17(23)21-7-9-28-10-8-21/h3-6,11,13H,7-10,12H2,1-2H3/b16-11+/t13-/m0/s1. The molecule has 0 unspecified atom stereocenters. The van der Waals surface area contributed by atoms with Crippen LogP contribution < -0.4 is 4.74 Å². The van der Waals surface area contributed by atoms with E-state index >= 15 is 0 Å². The second-order valence-electron chi connectivity index (χ2n) is 6.60. The van der Waals surface area contributed by atoms with Crippen molar-refractivity contribution >= 4 is 40.9 Å². The number of rotatable bonds is 6. The van der Waals surface area contributed by atoms with Gasteiger partial charge in [0, 0.05) is 13.1 Å². The molecule has 30 heavy (non-hydrogen) atoms. The van der Waals surface area contributed by atoms with Crippen LogP contribution in [-0.4, -0.2) is 78.9 Å². The van der Waals surface area contributed by atoms with E-state index in [1.165, 1.54) is 14.0 Å². The first-order valence-electron chi connectivity index (χ1n) is 9.34. The molecule has 3 rings (SSSR count). The lowest BCUT2D eigenvalue weighted by molar-refractivity contribution is -0.148. The Balaban J connectivity index is 1.60. The molecule has 3 amide bonds. The van der Waals surface area contributed by atoms with Crippen molar-refractivity contribution in [2.24, 2.45) is 0 Å². The van der Waals surface area contributed by atoms with Gasteiger partial charge in [0.2, 0.25) is 0 Å². The van der Waals surface area contributed by atoms with Crippen LogP contribution >= 0.6 is 11.8 Å². The number of methoxy groups -OCH3 is 1. The van der Waals surface area contributed by atoms with Crippen LogP contribution in [0.15, 0.2) is 29.2 Å². The third-order valence-electron chi connectivity index (χ3n) is 4.66. The zero-order valence-electron chi connectivity index (χ0n) is 16.7. The Morgan fingerprint density at radius 3 is 2.50 bits per heavy atom. The molecule has 1 atom stereocenters. The number of esters is 1. The Bertz CT molecular complexity index is 862. The van der Waals surface area contributed by atoms with E-state index in [2.05, 4.69) is 4.74 Å². The Morgan fingerprint density at radius 1 is 1.20 bits per heavy atom. The first-order chi connectivity index (χ1) is 14.4. The third-order valence-corrected chi connectivity index (χ3v) is 5.54. The average Bonchev–Trinajstić information content (AvgIpc) is 3.05. The van der Waals surface area contributed by atoms with E-state index in [4.69, 9.17) is 9.47 Å². The Kier molecular flexibility index (Phi) is 7.11. The molecule has 10 heteroatoms. The van der Waals surface area contributed by atoms with Crippen molar-refractivity contribution in [3.63, 3.8) is 0 Å². The maximum absolute atomic E-state index is 12.5. The fourth-order valence-electron chi connectivity index (χ4n) is 2.95. The minimum Gasteiger partial charge on any atom is -0.484 e. The SMILES string of the molecule is COC(=O)[C@H](C)N1C(=O)S/C(=C/c2ccc(OCC(=O)N3CCOCC3)cc2)C1=O. The van der Waals surface area contributed by atoms with E-state index in [-0.39, 0.29) is 17.4 Å². The summed E-state index contributed by atoms with van der Waals surface area (Å²) in [5.41, 5.74) is 0.679. The minimum atomic E-state index is -0.992. The van der Waals surface area contributed by atoms with Gasteiger partial charge in [-0.25, -0.2) is 4.79 Å². The Hall–Kier alpha value is -2.85. The molecule has 0 bridgehead atoms. The van der Waals surface area contributed by atoms with Crippen molar-refractivity contribution in [2.45, 2.75) is 13.0 Å². The summed E-state index contributed by atoms with van der Waals surface area (Å²) < 4.78 is 15.4. The molecule has 0 aromatic heterocycles. The number of imide groups is 1. The van der Waals surface area contributed by atoms with Crippen molar-refractivity contribution in [3.05, 3.63) is 34.7 Å². The van der Waals surface area contributed by atoms with Crippen LogP contribution in [0.4, 0.5) is 4.79 Å². The quantitative estimate of drug-likeness (QED) is 0.491. The van der Waals surface area contributed by atoms with Crippen LogP contribution in [0.5, 0.6) is 5.75 Å². The summed E-state index contributed by atoms with van der Waals surface area (Å²) in [6, 6.07) is 5.80. The van der Waals surface area contributed by atoms with Crippen LogP contribution in [0.25, 0.3) is 6.08 Å². The second-order valence-corrected chi connectivity index (χ2v) is 7.59. The van der Waals surface area contributed by atoms with Gasteiger partial charge in [-0.1, -0.05) is 12.1 Å². The number of carbonyl (C=O) groups is 4. The van der Waals surface area contributed by atoms with E-state index in [9.17, 15) is 19.2 Å². The highest BCUT2D eigenvalue weighted by Gasteiger charge is 2.41. The number of morpholine rings is 1. The van der Waals surface area contributed by atoms with E-state index in [1.807, 2.05) is 0 Å². The first kappa shape index (κ1) is 21.8. The van der Waals surface area contributed by atoms with Crippen molar-refractivity contribution in [1.82, 2.24) is 9.80 Å². The largest absolute Gasteiger partial charge is 0.484 e. The van der Waals surface area contributed by atoms with Crippen LogP contribution in [0, 0.1) is 0 Å². The van der Waals surface area contributed by atoms with Crippen molar-refractivity contribution in [1.29, 1.82) is 0 Å². The molecular weight excluding hydrogens is 412 g/mol. The number of hydrogen-bond donors (Lipinski definition) is 0. The molecule has 0 aliphatic carbocycles. The predicted molar refractivity (Wildman–Crippen MR) is 109 cm³/mol. The molecule has 2 saturated heterocycles. The van der Waals surface area contributed by atoms with Gasteiger partial charge in [-0.15, -0.1) is 0 Å². The van der Waals surface area contributed by atoms with Gasteiger partial charge in [0.05, 0.1) is 25.2 Å². The monoisotopic (exact) mass is 434 g/mol. The van der Waals surface area contributed by atoms with Gasteiger partial charge in [-0.3, -0.25) is 19.3 Å². The van der Waals surface area contributed by atoms with Crippen LogP contribution in [0.2, 0.25) is 0 Å². The molecular formula is C20H22N2O7S. The summed E-state index contributed by atoms with van der Waals surface area (Å²) in [7, 11) is 1.20. The molecule has 1 aromatic rings. The summed E-state index contributed by atoms with van der Waals surface area (Å²) in [5.74, 6) is -0.789. The van der Waals surface area contributed by atoms with Crippen molar-refractivity contribution < 1.29 is 33.4 Å². The lowest BCUT2D eigenvalue weighted by atomic mass is 10.2. The molecule has 160 valence electrons. The number of carbonyl (C=O) groups excluding carboxylic acids is 4. The van der Waals surface area contributed by atoms with Crippen molar-refractivity contribution in [3.8, 4) is 5.75 Å². The number of benzene rings is 1. The molecule has 0 saturated carbocycles. The van der Waals surface area contributed by atoms with Gasteiger partial charge in [-0.05, 0) is 42.5 Å². The number of thioether (sulfide) groups is 1. The van der Waals surface area contributed by atoms with E-state index in [0.29, 0.717) is 37.6 Å². The molecule has 2 aliphatic rings. The van der Waals surface area contributed by atoms with Crippen LogP contribution in [0.3, 0.4) is 0 Å². The summed E-state index contributed by atoms with van der Waals surface area (Å²) in [5, 5.41) is -0.522. The van der Waals surface area contributed by atoms with E-state index < -0.39 is 23.2 Å². The first-order valence-corrected chi connectivity index (χ1v) is 10.2. The highest BCUT2D eigenvalue weighted by atomic mass is 32.2. The van der Waals surface area contributed by atoms with Gasteiger partial charge in [-0.2, -0.15) is 0 Å². The normalized spacial score (nSPS) is 19.2. The molecule has 9 nitrogen and oxygen atoms in total. The molecule has 2 aliphatic heterocycles. The summed E-state index contributed by atoms with van der Waals surface area (Å²) in [4.78, 5) is 51.2. The van der Waals surface area contributed by atoms with Crippen LogP contribution in [-0.2, 0) is 23.9 Å². The minimum absolute atomic E-state index is 0.0658. The fourth-order valence-corrected chi connectivity index (χ4v) is 3.86. The molecule has 2 heterocycles. The summed E-state index contributed by atoms with van der Waals surface area (Å²) in [6.45, 7) is 3.56. The maximum atomic E-state index is 12.5. The highest BCUT2D eigenvalue weighted by Crippen LogP contribution is 2.34. The zero-order valence-corrected chi connectivity index (χ0v) is 17.5. The van der Waals surface area contributed by atoms with E-state index in [1.54, 1.807) is 35.2 Å². The number of ether oxygens (including phenoxy) is 3. The lowest BCUT2D eigenvalue weighted by Gasteiger charge is -2.26. The Labute approximate surface area is 177 Å². The lowest BCUT2D eigenvalue weighted by Crippen LogP contribution is -2.42. The average molecular weight is 434 g/mol. The summed E-state index contributed by atoms with van der Waals surface area (Å²) in [6.07, 6.45) is 1.57. The molecule has 2 fully saturated rings. The van der Waals surface area contributed by atoms with E-state index in [0.717, 1.165) is 16.7 Å². The Morgan fingerprint density at radius 2 is 1.87 bits per heavy atom. The maximum Gasteiger partial charge on any atom is 0.328 e. The third kappa shape index (κ3) is 5.00.